The molecule has 2 N–H and O–H groups in total. The molecule has 26 heavy (non-hydrogen) atoms. The van der Waals surface area contributed by atoms with E-state index in [0.29, 0.717) is 23.6 Å². The smallest absolute Gasteiger partial charge is 0.238 e. The Hall–Kier alpha value is -2.67. The number of hydrogen-bond donors (Lipinski definition) is 2. The zero-order chi connectivity index (χ0) is 18.5. The highest BCUT2D eigenvalue weighted by Gasteiger charge is 2.21. The largest absolute Gasteiger partial charge is 0.497 e. The van der Waals surface area contributed by atoms with Gasteiger partial charge < -0.3 is 19.8 Å². The first-order chi connectivity index (χ1) is 12.6. The molecule has 0 aliphatic rings. The van der Waals surface area contributed by atoms with Crippen LogP contribution in [0, 0.1) is 0 Å². The number of carbonyl (C=O) groups is 1. The van der Waals surface area contributed by atoms with E-state index in [1.54, 1.807) is 32.4 Å². The first kappa shape index (κ1) is 18.1. The molecule has 3 aromatic rings. The maximum absolute atomic E-state index is 12.7. The van der Waals surface area contributed by atoms with Crippen LogP contribution < -0.4 is 14.8 Å². The minimum Gasteiger partial charge on any atom is -0.497 e. The van der Waals surface area contributed by atoms with Crippen molar-refractivity contribution in [1.29, 1.82) is 0 Å². The summed E-state index contributed by atoms with van der Waals surface area (Å²) in [5.41, 5.74) is 2.46. The lowest BCUT2D eigenvalue weighted by Crippen LogP contribution is -2.25. The third kappa shape index (κ3) is 3.94. The fourth-order valence-corrected chi connectivity index (χ4v) is 3.48. The highest BCUT2D eigenvalue weighted by Crippen LogP contribution is 2.31. The first-order valence-corrected chi connectivity index (χ1v) is 9.16. The maximum Gasteiger partial charge on any atom is 0.238 e. The van der Waals surface area contributed by atoms with E-state index in [1.165, 1.54) is 11.8 Å². The third-order valence-corrected chi connectivity index (χ3v) is 5.20. The number of anilines is 1. The summed E-state index contributed by atoms with van der Waals surface area (Å²) < 4.78 is 10.5. The monoisotopic (exact) mass is 371 g/mol. The van der Waals surface area contributed by atoms with E-state index < -0.39 is 0 Å². The summed E-state index contributed by atoms with van der Waals surface area (Å²) in [6, 6.07) is 13.1. The van der Waals surface area contributed by atoms with E-state index in [1.807, 2.05) is 31.2 Å². The zero-order valence-electron chi connectivity index (χ0n) is 14.9. The van der Waals surface area contributed by atoms with Crippen LogP contribution in [0.1, 0.15) is 13.3 Å². The van der Waals surface area contributed by atoms with Crippen LogP contribution >= 0.6 is 11.8 Å². The molecule has 0 spiro atoms. The molecular formula is C19H21N3O3S. The average molecular weight is 371 g/mol. The van der Waals surface area contributed by atoms with Crippen LogP contribution in [0.4, 0.5) is 5.69 Å². The Morgan fingerprint density at radius 1 is 1.23 bits per heavy atom. The van der Waals surface area contributed by atoms with Gasteiger partial charge in [-0.15, -0.1) is 0 Å². The SMILES string of the molecule is CCC(Sc1nc2ccccc2[nH]1)C(=O)Nc1ccc(OC)cc1OC. The number of fused-ring (bicyclic) bond motifs is 1. The molecule has 0 aliphatic carbocycles. The van der Waals surface area contributed by atoms with Gasteiger partial charge in [-0.1, -0.05) is 30.8 Å². The highest BCUT2D eigenvalue weighted by molar-refractivity contribution is 8.00. The molecule has 2 aromatic carbocycles. The van der Waals surface area contributed by atoms with Crippen LogP contribution in [0.15, 0.2) is 47.6 Å². The van der Waals surface area contributed by atoms with Crippen molar-refractivity contribution in [3.8, 4) is 11.5 Å². The quantitative estimate of drug-likeness (QED) is 0.612. The third-order valence-electron chi connectivity index (χ3n) is 3.95. The van der Waals surface area contributed by atoms with Crippen LogP contribution in [0.25, 0.3) is 11.0 Å². The van der Waals surface area contributed by atoms with Gasteiger partial charge in [-0.25, -0.2) is 4.98 Å². The number of hydrogen-bond acceptors (Lipinski definition) is 5. The van der Waals surface area contributed by atoms with E-state index in [4.69, 9.17) is 9.47 Å². The van der Waals surface area contributed by atoms with Crippen LogP contribution in [0.2, 0.25) is 0 Å². The van der Waals surface area contributed by atoms with Gasteiger partial charge in [0, 0.05) is 6.07 Å². The summed E-state index contributed by atoms with van der Waals surface area (Å²) in [4.78, 5) is 20.5. The van der Waals surface area contributed by atoms with E-state index in [2.05, 4.69) is 15.3 Å². The normalized spacial score (nSPS) is 12.0. The summed E-state index contributed by atoms with van der Waals surface area (Å²) in [6.45, 7) is 1.98. The zero-order valence-corrected chi connectivity index (χ0v) is 15.7. The standard InChI is InChI=1S/C19H21N3O3S/c1-4-17(26-19-21-13-7-5-6-8-14(13)22-19)18(23)20-15-10-9-12(24-2)11-16(15)25-3/h5-11,17H,4H2,1-3H3,(H,20,23)(H,21,22). The van der Waals surface area contributed by atoms with Gasteiger partial charge in [0.25, 0.3) is 0 Å². The van der Waals surface area contributed by atoms with Crippen LogP contribution in [-0.4, -0.2) is 35.3 Å². The van der Waals surface area contributed by atoms with Gasteiger partial charge in [-0.2, -0.15) is 0 Å². The number of H-pyrrole nitrogens is 1. The minimum absolute atomic E-state index is 0.0959. The fraction of sp³-hybridized carbons (Fsp3) is 0.263. The maximum atomic E-state index is 12.7. The van der Waals surface area contributed by atoms with Gasteiger partial charge >= 0.3 is 0 Å². The Kier molecular flexibility index (Phi) is 5.68. The summed E-state index contributed by atoms with van der Waals surface area (Å²) in [5.74, 6) is 1.13. The molecule has 0 saturated carbocycles. The number of benzene rings is 2. The molecule has 0 radical (unpaired) electrons. The number of ether oxygens (including phenoxy) is 2. The van der Waals surface area contributed by atoms with Crippen molar-refractivity contribution >= 4 is 34.4 Å². The van der Waals surface area contributed by atoms with E-state index in [0.717, 1.165) is 16.2 Å². The van der Waals surface area contributed by atoms with Crippen molar-refractivity contribution in [2.75, 3.05) is 19.5 Å². The number of amides is 1. The lowest BCUT2D eigenvalue weighted by atomic mass is 10.2. The number of para-hydroxylation sites is 2. The van der Waals surface area contributed by atoms with Crippen molar-refractivity contribution in [2.45, 2.75) is 23.8 Å². The summed E-state index contributed by atoms with van der Waals surface area (Å²) in [7, 11) is 3.15. The predicted molar refractivity (Wildman–Crippen MR) is 104 cm³/mol. The van der Waals surface area contributed by atoms with Gasteiger partial charge in [0.2, 0.25) is 5.91 Å². The van der Waals surface area contributed by atoms with Crippen molar-refractivity contribution in [3.05, 3.63) is 42.5 Å². The Morgan fingerprint density at radius 2 is 2.04 bits per heavy atom. The van der Waals surface area contributed by atoms with Gasteiger partial charge in [0.1, 0.15) is 11.5 Å². The second-order valence-corrected chi connectivity index (χ2v) is 6.82. The van der Waals surface area contributed by atoms with Crippen molar-refractivity contribution in [2.24, 2.45) is 0 Å². The molecule has 136 valence electrons. The number of carbonyl (C=O) groups excluding carboxylic acids is 1. The number of methoxy groups -OCH3 is 2. The Balaban J connectivity index is 1.74. The topological polar surface area (TPSA) is 76.2 Å². The summed E-state index contributed by atoms with van der Waals surface area (Å²) in [6.07, 6.45) is 0.673. The second kappa shape index (κ2) is 8.14. The van der Waals surface area contributed by atoms with Crippen molar-refractivity contribution in [3.63, 3.8) is 0 Å². The van der Waals surface area contributed by atoms with Crippen LogP contribution in [-0.2, 0) is 4.79 Å². The molecule has 1 amide bonds. The molecule has 6 nitrogen and oxygen atoms in total. The highest BCUT2D eigenvalue weighted by atomic mass is 32.2. The van der Waals surface area contributed by atoms with E-state index in [9.17, 15) is 4.79 Å². The molecule has 1 atom stereocenters. The van der Waals surface area contributed by atoms with Gasteiger partial charge in [0.15, 0.2) is 5.16 Å². The molecule has 1 unspecified atom stereocenters. The van der Waals surface area contributed by atoms with Crippen LogP contribution in [0.5, 0.6) is 11.5 Å². The van der Waals surface area contributed by atoms with Gasteiger partial charge in [0.05, 0.1) is 36.2 Å². The minimum atomic E-state index is -0.276. The summed E-state index contributed by atoms with van der Waals surface area (Å²) >= 11 is 1.42. The molecule has 0 bridgehead atoms. The number of nitrogens with one attached hydrogen (secondary N) is 2. The average Bonchev–Trinajstić information content (AvgIpc) is 3.08. The molecule has 7 heteroatoms. The van der Waals surface area contributed by atoms with Gasteiger partial charge in [-0.05, 0) is 30.7 Å². The fourth-order valence-electron chi connectivity index (χ4n) is 2.56. The predicted octanol–water partition coefficient (Wildman–Crippen LogP) is 4.09. The molecule has 1 aromatic heterocycles. The molecule has 0 aliphatic heterocycles. The molecule has 0 saturated heterocycles. The Labute approximate surface area is 156 Å². The number of aromatic nitrogens is 2. The summed E-state index contributed by atoms with van der Waals surface area (Å²) in [5, 5.41) is 3.39. The van der Waals surface area contributed by atoms with Crippen molar-refractivity contribution in [1.82, 2.24) is 9.97 Å². The number of thioether (sulfide) groups is 1. The lowest BCUT2D eigenvalue weighted by molar-refractivity contribution is -0.115. The van der Waals surface area contributed by atoms with E-state index >= 15 is 0 Å². The van der Waals surface area contributed by atoms with Crippen molar-refractivity contribution < 1.29 is 14.3 Å². The number of imidazole rings is 1. The second-order valence-electron chi connectivity index (χ2n) is 5.63. The van der Waals surface area contributed by atoms with Crippen LogP contribution in [0.3, 0.4) is 0 Å². The number of nitrogens with zero attached hydrogens (tertiary/aromatic N) is 1. The lowest BCUT2D eigenvalue weighted by Gasteiger charge is -2.15. The molecular weight excluding hydrogens is 350 g/mol. The number of rotatable bonds is 7. The number of aromatic amines is 1. The molecule has 1 heterocycles. The first-order valence-electron chi connectivity index (χ1n) is 8.29. The van der Waals surface area contributed by atoms with Gasteiger partial charge in [-0.3, -0.25) is 4.79 Å². The Morgan fingerprint density at radius 3 is 2.73 bits per heavy atom. The molecule has 3 rings (SSSR count). The van der Waals surface area contributed by atoms with E-state index in [-0.39, 0.29) is 11.2 Å². The Bertz CT molecular complexity index is 877. The molecule has 0 fully saturated rings.